The van der Waals surface area contributed by atoms with Crippen LogP contribution in [0.25, 0.3) is 16.7 Å². The molecule has 1 atom stereocenters. The Labute approximate surface area is 219 Å². The van der Waals surface area contributed by atoms with Crippen LogP contribution in [0.4, 0.5) is 0 Å². The SMILES string of the molecule is COc1ccc2[nH]cc(CCN3C(=O)C(=O)C(=C(O)c4ccc(OC)c(OC)c4)[C@@H]3c3cccnc3)c2c1. The number of H-pyrrole nitrogens is 1. The van der Waals surface area contributed by atoms with Crippen LogP contribution in [0.5, 0.6) is 17.2 Å². The number of aromatic amines is 1. The van der Waals surface area contributed by atoms with Crippen molar-refractivity contribution in [2.75, 3.05) is 27.9 Å². The quantitative estimate of drug-likeness (QED) is 0.206. The number of nitrogens with one attached hydrogen (secondary N) is 1. The molecule has 0 bridgehead atoms. The standard InChI is InChI=1S/C29H27N3O6/c1-36-20-7-8-22-21(14-20)18(16-31-22)10-12-32-26(19-5-4-11-30-15-19)25(28(34)29(32)35)27(33)17-6-9-23(37-2)24(13-17)38-3/h4-9,11,13-16,26,31,33H,10,12H2,1-3H3/t26-/m0/s1. The number of ketones is 1. The number of aliphatic hydroxyl groups excluding tert-OH is 1. The van der Waals surface area contributed by atoms with Crippen molar-refractivity contribution in [3.63, 3.8) is 0 Å². The number of carbonyl (C=O) groups is 2. The van der Waals surface area contributed by atoms with Crippen molar-refractivity contribution in [3.8, 4) is 17.2 Å². The second kappa shape index (κ2) is 10.3. The molecule has 1 aliphatic heterocycles. The number of benzene rings is 2. The minimum atomic E-state index is -0.809. The molecule has 9 heteroatoms. The van der Waals surface area contributed by atoms with Crippen LogP contribution in [0, 0.1) is 0 Å². The molecule has 0 saturated carbocycles. The Morgan fingerprint density at radius 1 is 1.03 bits per heavy atom. The summed E-state index contributed by atoms with van der Waals surface area (Å²) in [5.74, 6) is -0.145. The van der Waals surface area contributed by atoms with Crippen molar-refractivity contribution in [3.05, 3.63) is 89.4 Å². The fourth-order valence-corrected chi connectivity index (χ4v) is 4.87. The molecule has 194 valence electrons. The fourth-order valence-electron chi connectivity index (χ4n) is 4.87. The third-order valence-electron chi connectivity index (χ3n) is 6.79. The van der Waals surface area contributed by atoms with Gasteiger partial charge in [0.1, 0.15) is 11.5 Å². The maximum absolute atomic E-state index is 13.3. The van der Waals surface area contributed by atoms with Crippen LogP contribution in [-0.2, 0) is 16.0 Å². The van der Waals surface area contributed by atoms with E-state index in [1.165, 1.54) is 19.1 Å². The number of pyridine rings is 1. The number of methoxy groups -OCH3 is 3. The van der Waals surface area contributed by atoms with Gasteiger partial charge in [0.05, 0.1) is 32.9 Å². The number of ether oxygens (including phenoxy) is 3. The van der Waals surface area contributed by atoms with E-state index in [9.17, 15) is 14.7 Å². The summed E-state index contributed by atoms with van der Waals surface area (Å²) in [5.41, 5.74) is 2.87. The highest BCUT2D eigenvalue weighted by molar-refractivity contribution is 6.46. The first-order chi connectivity index (χ1) is 18.5. The molecular formula is C29H27N3O6. The van der Waals surface area contributed by atoms with Crippen LogP contribution < -0.4 is 14.2 Å². The van der Waals surface area contributed by atoms with Gasteiger partial charge in [-0.2, -0.15) is 0 Å². The van der Waals surface area contributed by atoms with Gasteiger partial charge in [-0.1, -0.05) is 6.07 Å². The summed E-state index contributed by atoms with van der Waals surface area (Å²) in [5, 5.41) is 12.3. The lowest BCUT2D eigenvalue weighted by atomic mass is 9.96. The summed E-state index contributed by atoms with van der Waals surface area (Å²) >= 11 is 0. The normalized spacial score (nSPS) is 16.7. The van der Waals surface area contributed by atoms with Gasteiger partial charge in [-0.3, -0.25) is 14.6 Å². The zero-order valence-electron chi connectivity index (χ0n) is 21.2. The molecular weight excluding hydrogens is 486 g/mol. The molecule has 1 saturated heterocycles. The van der Waals surface area contributed by atoms with Gasteiger partial charge in [0, 0.05) is 41.6 Å². The zero-order valence-corrected chi connectivity index (χ0v) is 21.2. The molecule has 0 spiro atoms. The number of aliphatic hydroxyl groups is 1. The summed E-state index contributed by atoms with van der Waals surface area (Å²) < 4.78 is 16.0. The Balaban J connectivity index is 1.55. The molecule has 0 aliphatic carbocycles. The lowest BCUT2D eigenvalue weighted by Gasteiger charge is -2.25. The van der Waals surface area contributed by atoms with Crippen molar-refractivity contribution in [1.29, 1.82) is 0 Å². The highest BCUT2D eigenvalue weighted by Gasteiger charge is 2.46. The maximum Gasteiger partial charge on any atom is 0.295 e. The molecule has 38 heavy (non-hydrogen) atoms. The van der Waals surface area contributed by atoms with Gasteiger partial charge in [-0.25, -0.2) is 0 Å². The van der Waals surface area contributed by atoms with E-state index >= 15 is 0 Å². The average Bonchev–Trinajstić information content (AvgIpc) is 3.48. The van der Waals surface area contributed by atoms with E-state index in [4.69, 9.17) is 14.2 Å². The number of amides is 1. The Morgan fingerprint density at radius 3 is 2.55 bits per heavy atom. The first-order valence-electron chi connectivity index (χ1n) is 12.0. The Hall–Kier alpha value is -4.79. The van der Waals surface area contributed by atoms with Crippen LogP contribution in [-0.4, -0.2) is 59.5 Å². The fraction of sp³-hybridized carbons (Fsp3) is 0.207. The second-order valence-electron chi connectivity index (χ2n) is 8.82. The van der Waals surface area contributed by atoms with Crippen LogP contribution in [0.2, 0.25) is 0 Å². The van der Waals surface area contributed by atoms with Gasteiger partial charge in [0.2, 0.25) is 0 Å². The number of hydrogen-bond acceptors (Lipinski definition) is 7. The number of Topliss-reactive ketones (excluding diaryl/α,β-unsaturated/α-hetero) is 1. The number of rotatable bonds is 8. The van der Waals surface area contributed by atoms with Crippen molar-refractivity contribution >= 4 is 28.4 Å². The second-order valence-corrected chi connectivity index (χ2v) is 8.82. The topological polar surface area (TPSA) is 114 Å². The zero-order chi connectivity index (χ0) is 26.8. The molecule has 1 fully saturated rings. The van der Waals surface area contributed by atoms with Gasteiger partial charge in [0.25, 0.3) is 11.7 Å². The molecule has 2 aromatic carbocycles. The highest BCUT2D eigenvalue weighted by Crippen LogP contribution is 2.40. The minimum absolute atomic E-state index is 0.00387. The monoisotopic (exact) mass is 513 g/mol. The predicted molar refractivity (Wildman–Crippen MR) is 141 cm³/mol. The van der Waals surface area contributed by atoms with E-state index in [1.807, 2.05) is 24.4 Å². The van der Waals surface area contributed by atoms with Gasteiger partial charge < -0.3 is 29.2 Å². The van der Waals surface area contributed by atoms with E-state index in [-0.39, 0.29) is 17.9 Å². The van der Waals surface area contributed by atoms with E-state index in [2.05, 4.69) is 9.97 Å². The number of carbonyl (C=O) groups excluding carboxylic acids is 2. The third kappa shape index (κ3) is 4.32. The predicted octanol–water partition coefficient (Wildman–Crippen LogP) is 4.25. The number of hydrogen-bond donors (Lipinski definition) is 2. The molecule has 9 nitrogen and oxygen atoms in total. The maximum atomic E-state index is 13.3. The summed E-state index contributed by atoms with van der Waals surface area (Å²) in [7, 11) is 4.60. The van der Waals surface area contributed by atoms with Crippen molar-refractivity contribution in [1.82, 2.24) is 14.9 Å². The van der Waals surface area contributed by atoms with E-state index in [0.717, 1.165) is 22.2 Å². The Bertz CT molecular complexity index is 1540. The van der Waals surface area contributed by atoms with Crippen LogP contribution >= 0.6 is 0 Å². The van der Waals surface area contributed by atoms with Gasteiger partial charge >= 0.3 is 0 Å². The molecule has 2 aromatic heterocycles. The van der Waals surface area contributed by atoms with E-state index < -0.39 is 17.7 Å². The van der Waals surface area contributed by atoms with Gasteiger partial charge in [0.15, 0.2) is 11.5 Å². The van der Waals surface area contributed by atoms with Gasteiger partial charge in [-0.05, 0) is 60.0 Å². The first kappa shape index (κ1) is 24.9. The Morgan fingerprint density at radius 2 is 1.84 bits per heavy atom. The molecule has 0 radical (unpaired) electrons. The number of likely N-dealkylation sites (tertiary alicyclic amines) is 1. The Kier molecular flexibility index (Phi) is 6.74. The molecule has 4 aromatic rings. The lowest BCUT2D eigenvalue weighted by Crippen LogP contribution is -2.31. The van der Waals surface area contributed by atoms with Crippen molar-refractivity contribution < 1.29 is 28.9 Å². The largest absolute Gasteiger partial charge is 0.507 e. The average molecular weight is 514 g/mol. The summed E-state index contributed by atoms with van der Waals surface area (Å²) in [4.78, 5) is 35.6. The molecule has 0 unspecified atom stereocenters. The van der Waals surface area contributed by atoms with E-state index in [1.54, 1.807) is 49.8 Å². The summed E-state index contributed by atoms with van der Waals surface area (Å²) in [6, 6.07) is 13.3. The summed E-state index contributed by atoms with van der Waals surface area (Å²) in [6.45, 7) is 0.247. The molecule has 3 heterocycles. The van der Waals surface area contributed by atoms with Gasteiger partial charge in [-0.15, -0.1) is 0 Å². The van der Waals surface area contributed by atoms with E-state index in [0.29, 0.717) is 29.0 Å². The minimum Gasteiger partial charge on any atom is -0.507 e. The first-order valence-corrected chi connectivity index (χ1v) is 12.0. The number of fused-ring (bicyclic) bond motifs is 1. The molecule has 5 rings (SSSR count). The highest BCUT2D eigenvalue weighted by atomic mass is 16.5. The van der Waals surface area contributed by atoms with Crippen LogP contribution in [0.1, 0.15) is 22.7 Å². The summed E-state index contributed by atoms with van der Waals surface area (Å²) in [6.07, 6.45) is 5.59. The van der Waals surface area contributed by atoms with Crippen LogP contribution in [0.3, 0.4) is 0 Å². The number of aromatic nitrogens is 2. The van der Waals surface area contributed by atoms with Crippen molar-refractivity contribution in [2.45, 2.75) is 12.5 Å². The lowest BCUT2D eigenvalue weighted by molar-refractivity contribution is -0.139. The smallest absolute Gasteiger partial charge is 0.295 e. The van der Waals surface area contributed by atoms with Crippen LogP contribution in [0.15, 0.2) is 72.7 Å². The van der Waals surface area contributed by atoms with Crippen molar-refractivity contribution in [2.24, 2.45) is 0 Å². The molecule has 1 amide bonds. The number of nitrogens with zero attached hydrogens (tertiary/aromatic N) is 2. The molecule has 2 N–H and O–H groups in total. The third-order valence-corrected chi connectivity index (χ3v) is 6.79. The molecule has 1 aliphatic rings.